The summed E-state index contributed by atoms with van der Waals surface area (Å²) in [6.07, 6.45) is 0.721. The van der Waals surface area contributed by atoms with Gasteiger partial charge < -0.3 is 18.9 Å². The second-order valence-electron chi connectivity index (χ2n) is 5.57. The van der Waals surface area contributed by atoms with E-state index in [0.717, 1.165) is 6.29 Å². The van der Waals surface area contributed by atoms with E-state index in [9.17, 15) is 4.79 Å². The third kappa shape index (κ3) is 5.52. The predicted octanol–water partition coefficient (Wildman–Crippen LogP) is 2.69. The zero-order chi connectivity index (χ0) is 16.6. The van der Waals surface area contributed by atoms with E-state index in [1.165, 1.54) is 14.2 Å². The first-order valence-electron chi connectivity index (χ1n) is 6.81. The van der Waals surface area contributed by atoms with Crippen LogP contribution in [0.3, 0.4) is 0 Å². The van der Waals surface area contributed by atoms with Crippen LogP contribution in [0.25, 0.3) is 0 Å². The summed E-state index contributed by atoms with van der Waals surface area (Å²) in [7, 11) is 1.45. The van der Waals surface area contributed by atoms with Crippen LogP contribution in [0.5, 0.6) is 11.5 Å². The molecule has 1 rings (SSSR count). The van der Waals surface area contributed by atoms with Crippen molar-refractivity contribution in [1.29, 1.82) is 0 Å². The molecule has 6 heteroatoms. The monoisotopic (exact) mass is 322 g/mol. The zero-order valence-corrected chi connectivity index (χ0v) is 14.7. The molecule has 1 aromatic carbocycles. The van der Waals surface area contributed by atoms with Gasteiger partial charge in [0.15, 0.2) is 19.9 Å². The van der Waals surface area contributed by atoms with Crippen LogP contribution >= 0.6 is 0 Å². The van der Waals surface area contributed by atoms with E-state index in [1.807, 2.05) is 0 Å². The minimum atomic E-state index is -1.60. The molecule has 22 heavy (non-hydrogen) atoms. The van der Waals surface area contributed by atoms with Crippen LogP contribution in [0.2, 0.25) is 19.6 Å². The van der Waals surface area contributed by atoms with Gasteiger partial charge in [-0.3, -0.25) is 4.79 Å². The van der Waals surface area contributed by atoms with Crippen molar-refractivity contribution in [2.45, 2.75) is 19.6 Å². The van der Waals surface area contributed by atoms with Gasteiger partial charge in [0.1, 0.15) is 19.6 Å². The molecule has 120 valence electrons. The summed E-state index contributed by atoms with van der Waals surface area (Å²) in [5, 5.41) is 0. The fraction of sp³-hybridized carbons (Fsp3) is 0.438. The molecule has 0 N–H and O–H groups in total. The number of ether oxygens (including phenoxy) is 4. The average Bonchev–Trinajstić information content (AvgIpc) is 2.48. The third-order valence-corrected chi connectivity index (χ3v) is 3.39. The Morgan fingerprint density at radius 1 is 1.05 bits per heavy atom. The second-order valence-corrected chi connectivity index (χ2v) is 10.3. The van der Waals surface area contributed by atoms with Crippen molar-refractivity contribution < 1.29 is 23.7 Å². The first-order valence-corrected chi connectivity index (χ1v) is 10.3. The Balaban J connectivity index is 3.34. The number of rotatable bonds is 7. The largest absolute Gasteiger partial charge is 0.467 e. The summed E-state index contributed by atoms with van der Waals surface area (Å²) in [6, 6.07) is 3.37. The van der Waals surface area contributed by atoms with Gasteiger partial charge in [0, 0.05) is 14.2 Å². The summed E-state index contributed by atoms with van der Waals surface area (Å²) in [5.74, 6) is 4.00. The lowest BCUT2D eigenvalue weighted by atomic mass is 10.1. The maximum absolute atomic E-state index is 11.5. The lowest BCUT2D eigenvalue weighted by Crippen LogP contribution is -2.16. The fourth-order valence-corrected chi connectivity index (χ4v) is 2.07. The number of methoxy groups -OCH3 is 2. The number of carbonyl (C=O) groups excluding carboxylic acids is 1. The standard InChI is InChI=1S/C16H22O5Si/c1-18-11-20-15-6-7-16(21-12-19-2)14(10-17)13(15)8-9-22(3,4)5/h6-7,10H,11-12H2,1-5H3. The minimum absolute atomic E-state index is 0.0556. The molecule has 0 saturated heterocycles. The van der Waals surface area contributed by atoms with Gasteiger partial charge in [-0.25, -0.2) is 0 Å². The Kier molecular flexibility index (Phi) is 7.12. The van der Waals surface area contributed by atoms with Gasteiger partial charge in [-0.05, 0) is 12.1 Å². The van der Waals surface area contributed by atoms with Gasteiger partial charge in [0.2, 0.25) is 0 Å². The summed E-state index contributed by atoms with van der Waals surface area (Å²) < 4.78 is 20.7. The molecule has 0 bridgehead atoms. The molecular weight excluding hydrogens is 300 g/mol. The van der Waals surface area contributed by atoms with Crippen molar-refractivity contribution in [3.63, 3.8) is 0 Å². The first-order chi connectivity index (χ1) is 10.4. The lowest BCUT2D eigenvalue weighted by Gasteiger charge is -2.13. The Morgan fingerprint density at radius 3 is 2.09 bits per heavy atom. The van der Waals surface area contributed by atoms with E-state index in [1.54, 1.807) is 12.1 Å². The van der Waals surface area contributed by atoms with Crippen LogP contribution < -0.4 is 9.47 Å². The van der Waals surface area contributed by atoms with Crippen molar-refractivity contribution in [3.05, 3.63) is 23.3 Å². The van der Waals surface area contributed by atoms with Gasteiger partial charge in [-0.2, -0.15) is 0 Å². The van der Waals surface area contributed by atoms with Crippen molar-refractivity contribution in [1.82, 2.24) is 0 Å². The van der Waals surface area contributed by atoms with Gasteiger partial charge in [-0.15, -0.1) is 5.54 Å². The molecule has 1 aromatic rings. The number of benzene rings is 1. The second kappa shape index (κ2) is 8.59. The molecule has 0 aliphatic rings. The highest BCUT2D eigenvalue weighted by Crippen LogP contribution is 2.29. The summed E-state index contributed by atoms with van der Waals surface area (Å²) >= 11 is 0. The van der Waals surface area contributed by atoms with Crippen LogP contribution in [0.15, 0.2) is 12.1 Å². The van der Waals surface area contributed by atoms with E-state index in [0.29, 0.717) is 22.6 Å². The molecule has 5 nitrogen and oxygen atoms in total. The molecule has 0 heterocycles. The van der Waals surface area contributed by atoms with Crippen LogP contribution in [0.1, 0.15) is 15.9 Å². The fourth-order valence-electron chi connectivity index (χ4n) is 1.57. The van der Waals surface area contributed by atoms with Crippen molar-refractivity contribution in [2.24, 2.45) is 0 Å². The molecule has 0 atom stereocenters. The predicted molar refractivity (Wildman–Crippen MR) is 87.1 cm³/mol. The molecule has 0 aromatic heterocycles. The molecule has 0 fully saturated rings. The number of hydrogen-bond donors (Lipinski definition) is 0. The minimum Gasteiger partial charge on any atom is -0.467 e. The lowest BCUT2D eigenvalue weighted by molar-refractivity contribution is 0.0477. The summed E-state index contributed by atoms with van der Waals surface area (Å²) in [4.78, 5) is 11.5. The molecule has 0 saturated carbocycles. The number of carbonyl (C=O) groups is 1. The molecular formula is C16H22O5Si. The molecule has 0 unspecified atom stereocenters. The first kappa shape index (κ1) is 18.2. The van der Waals surface area contributed by atoms with Crippen molar-refractivity contribution in [2.75, 3.05) is 27.8 Å². The molecule has 0 spiro atoms. The van der Waals surface area contributed by atoms with Crippen LogP contribution in [-0.4, -0.2) is 42.2 Å². The van der Waals surface area contributed by atoms with E-state index in [-0.39, 0.29) is 13.6 Å². The third-order valence-electron chi connectivity index (χ3n) is 2.51. The normalized spacial score (nSPS) is 10.6. The van der Waals surface area contributed by atoms with Gasteiger partial charge in [-0.1, -0.05) is 25.6 Å². The molecule has 0 aliphatic carbocycles. The van der Waals surface area contributed by atoms with E-state index in [4.69, 9.17) is 18.9 Å². The van der Waals surface area contributed by atoms with Crippen LogP contribution in [-0.2, 0) is 9.47 Å². The summed E-state index contributed by atoms with van der Waals surface area (Å²) in [6.45, 7) is 6.52. The zero-order valence-electron chi connectivity index (χ0n) is 13.7. The highest BCUT2D eigenvalue weighted by molar-refractivity contribution is 6.83. The Hall–Kier alpha value is -1.81. The molecule has 0 radical (unpaired) electrons. The van der Waals surface area contributed by atoms with Gasteiger partial charge in [0.25, 0.3) is 0 Å². The number of aldehydes is 1. The van der Waals surface area contributed by atoms with Gasteiger partial charge >= 0.3 is 0 Å². The topological polar surface area (TPSA) is 54.0 Å². The smallest absolute Gasteiger partial charge is 0.188 e. The highest BCUT2D eigenvalue weighted by atomic mass is 28.3. The van der Waals surface area contributed by atoms with Crippen LogP contribution in [0, 0.1) is 11.5 Å². The quantitative estimate of drug-likeness (QED) is 0.334. The molecule has 0 amide bonds. The maximum atomic E-state index is 11.5. The Labute approximate surface area is 132 Å². The Bertz CT molecular complexity index is 566. The SMILES string of the molecule is COCOc1ccc(OCOC)c(C=O)c1C#C[Si](C)(C)C. The highest BCUT2D eigenvalue weighted by Gasteiger charge is 2.15. The van der Waals surface area contributed by atoms with Crippen molar-refractivity contribution >= 4 is 14.4 Å². The molecule has 0 aliphatic heterocycles. The van der Waals surface area contributed by atoms with E-state index < -0.39 is 8.07 Å². The Morgan fingerprint density at radius 2 is 1.59 bits per heavy atom. The summed E-state index contributed by atoms with van der Waals surface area (Å²) in [5.41, 5.74) is 4.11. The van der Waals surface area contributed by atoms with Gasteiger partial charge in [0.05, 0.1) is 11.1 Å². The van der Waals surface area contributed by atoms with E-state index in [2.05, 4.69) is 31.1 Å². The van der Waals surface area contributed by atoms with Crippen LogP contribution in [0.4, 0.5) is 0 Å². The maximum Gasteiger partial charge on any atom is 0.188 e. The average molecular weight is 322 g/mol. The van der Waals surface area contributed by atoms with Crippen molar-refractivity contribution in [3.8, 4) is 23.0 Å². The van der Waals surface area contributed by atoms with E-state index >= 15 is 0 Å². The number of hydrogen-bond acceptors (Lipinski definition) is 5.